The molecule has 27 heavy (non-hydrogen) atoms. The number of carboxylic acid groups (broad SMARTS) is 1. The molecule has 0 aliphatic rings. The van der Waals surface area contributed by atoms with Crippen molar-refractivity contribution in [3.63, 3.8) is 0 Å². The summed E-state index contributed by atoms with van der Waals surface area (Å²) in [4.78, 5) is 34.7. The van der Waals surface area contributed by atoms with Gasteiger partial charge in [0.05, 0.1) is 0 Å². The van der Waals surface area contributed by atoms with Gasteiger partial charge in [0.2, 0.25) is 5.91 Å². The lowest BCUT2D eigenvalue weighted by molar-refractivity contribution is -0.138. The Morgan fingerprint density at radius 1 is 1.19 bits per heavy atom. The van der Waals surface area contributed by atoms with Gasteiger partial charge in [0.15, 0.2) is 0 Å². The maximum atomic E-state index is 13.9. The minimum absolute atomic E-state index is 0.0109. The van der Waals surface area contributed by atoms with Crippen molar-refractivity contribution >= 4 is 30.5 Å². The van der Waals surface area contributed by atoms with Gasteiger partial charge >= 0.3 is 11.9 Å². The van der Waals surface area contributed by atoms with Gasteiger partial charge < -0.3 is 15.2 Å². The number of esters is 1. The summed E-state index contributed by atoms with van der Waals surface area (Å²) in [5, 5.41) is 11.7. The van der Waals surface area contributed by atoms with Crippen molar-refractivity contribution in [2.75, 3.05) is 5.75 Å². The molecule has 142 valence electrons. The summed E-state index contributed by atoms with van der Waals surface area (Å²) in [7, 11) is 0. The zero-order valence-corrected chi connectivity index (χ0v) is 14.9. The van der Waals surface area contributed by atoms with Crippen molar-refractivity contribution in [3.05, 3.63) is 53.6 Å². The lowest BCUT2D eigenvalue weighted by atomic mass is 10.0. The van der Waals surface area contributed by atoms with E-state index in [9.17, 15) is 28.3 Å². The molecule has 1 amide bonds. The molecule has 0 aliphatic heterocycles. The predicted molar refractivity (Wildman–Crippen MR) is 95.8 cm³/mol. The molecule has 0 saturated carbocycles. The molecule has 9 heteroatoms. The van der Waals surface area contributed by atoms with Gasteiger partial charge in [0, 0.05) is 24.3 Å². The molecule has 0 aromatic heterocycles. The first kappa shape index (κ1) is 20.4. The number of hydrogen-bond donors (Lipinski definition) is 3. The van der Waals surface area contributed by atoms with Gasteiger partial charge in [-0.2, -0.15) is 12.6 Å². The van der Waals surface area contributed by atoms with Gasteiger partial charge in [-0.1, -0.05) is 6.07 Å². The molecule has 0 spiro atoms. The fourth-order valence-electron chi connectivity index (χ4n) is 2.28. The van der Waals surface area contributed by atoms with Crippen LogP contribution in [0.2, 0.25) is 0 Å². The number of rotatable bonds is 6. The third kappa shape index (κ3) is 5.04. The molecule has 0 heterocycles. The van der Waals surface area contributed by atoms with E-state index in [1.807, 2.05) is 0 Å². The molecular formula is C18H15F2NO5S. The molecule has 0 saturated heterocycles. The Balaban J connectivity index is 2.37. The SMILES string of the molecule is CC(=O)N[C@H](CS)C(=O)Oc1ccc(-c2ccc(F)cc2F)cc1C(=O)O. The zero-order valence-electron chi connectivity index (χ0n) is 14.0. The van der Waals surface area contributed by atoms with E-state index in [2.05, 4.69) is 17.9 Å². The molecule has 2 aromatic carbocycles. The fraction of sp³-hybridized carbons (Fsp3) is 0.167. The highest BCUT2D eigenvalue weighted by Gasteiger charge is 2.23. The van der Waals surface area contributed by atoms with Crippen LogP contribution < -0.4 is 10.1 Å². The molecular weight excluding hydrogens is 380 g/mol. The van der Waals surface area contributed by atoms with Crippen LogP contribution in [-0.4, -0.2) is 34.7 Å². The van der Waals surface area contributed by atoms with Crippen molar-refractivity contribution in [2.24, 2.45) is 0 Å². The molecule has 0 aliphatic carbocycles. The zero-order chi connectivity index (χ0) is 20.1. The molecule has 1 atom stereocenters. The number of aromatic carboxylic acids is 1. The average molecular weight is 395 g/mol. The van der Waals surface area contributed by atoms with Crippen molar-refractivity contribution in [1.29, 1.82) is 0 Å². The summed E-state index contributed by atoms with van der Waals surface area (Å²) >= 11 is 3.94. The van der Waals surface area contributed by atoms with Crippen LogP contribution in [-0.2, 0) is 9.59 Å². The highest BCUT2D eigenvalue weighted by atomic mass is 32.1. The van der Waals surface area contributed by atoms with Crippen LogP contribution >= 0.6 is 12.6 Å². The number of thiol groups is 1. The van der Waals surface area contributed by atoms with Crippen LogP contribution in [0.15, 0.2) is 36.4 Å². The van der Waals surface area contributed by atoms with E-state index in [1.54, 1.807) is 0 Å². The summed E-state index contributed by atoms with van der Waals surface area (Å²) in [6, 6.07) is 5.44. The van der Waals surface area contributed by atoms with Crippen LogP contribution in [0.3, 0.4) is 0 Å². The summed E-state index contributed by atoms with van der Waals surface area (Å²) < 4.78 is 32.0. The van der Waals surface area contributed by atoms with Crippen LogP contribution in [0, 0.1) is 11.6 Å². The standard InChI is InChI=1S/C18H15F2NO5S/c1-9(22)21-15(8-27)18(25)26-16-5-2-10(6-13(16)17(23)24)12-4-3-11(19)7-14(12)20/h2-7,15,27H,8H2,1H3,(H,21,22)(H,23,24)/t15-/m1/s1. The van der Waals surface area contributed by atoms with Crippen LogP contribution in [0.1, 0.15) is 17.3 Å². The lowest BCUT2D eigenvalue weighted by Gasteiger charge is -2.16. The van der Waals surface area contributed by atoms with E-state index < -0.39 is 41.1 Å². The maximum absolute atomic E-state index is 13.9. The topological polar surface area (TPSA) is 92.7 Å². The molecule has 2 N–H and O–H groups in total. The molecule has 6 nitrogen and oxygen atoms in total. The number of carbonyl (C=O) groups excluding carboxylic acids is 2. The van der Waals surface area contributed by atoms with Gasteiger partial charge in [0.1, 0.15) is 29.0 Å². The van der Waals surface area contributed by atoms with Crippen LogP contribution in [0.25, 0.3) is 11.1 Å². The predicted octanol–water partition coefficient (Wildman–Crippen LogP) is 2.67. The number of carbonyl (C=O) groups is 3. The average Bonchev–Trinajstić information content (AvgIpc) is 2.59. The number of nitrogens with one attached hydrogen (secondary N) is 1. The molecule has 0 unspecified atom stereocenters. The summed E-state index contributed by atoms with van der Waals surface area (Å²) in [6.45, 7) is 1.21. The Morgan fingerprint density at radius 3 is 2.44 bits per heavy atom. The number of halogens is 2. The molecule has 2 aromatic rings. The van der Waals surface area contributed by atoms with E-state index in [4.69, 9.17) is 4.74 Å². The van der Waals surface area contributed by atoms with Gasteiger partial charge in [-0.15, -0.1) is 0 Å². The second kappa shape index (κ2) is 8.63. The number of amides is 1. The van der Waals surface area contributed by atoms with Crippen molar-refractivity contribution in [1.82, 2.24) is 5.32 Å². The Morgan fingerprint density at radius 2 is 1.89 bits per heavy atom. The van der Waals surface area contributed by atoms with Gasteiger partial charge in [0.25, 0.3) is 0 Å². The van der Waals surface area contributed by atoms with E-state index in [0.717, 1.165) is 12.1 Å². The van der Waals surface area contributed by atoms with E-state index in [0.29, 0.717) is 6.07 Å². The summed E-state index contributed by atoms with van der Waals surface area (Å²) in [5.74, 6) is -4.76. The van der Waals surface area contributed by atoms with E-state index >= 15 is 0 Å². The minimum Gasteiger partial charge on any atom is -0.478 e. The minimum atomic E-state index is -1.41. The van der Waals surface area contributed by atoms with Crippen molar-refractivity contribution in [2.45, 2.75) is 13.0 Å². The third-order valence-corrected chi connectivity index (χ3v) is 3.87. The quantitative estimate of drug-likeness (QED) is 0.397. The first-order valence-electron chi connectivity index (χ1n) is 7.65. The maximum Gasteiger partial charge on any atom is 0.339 e. The monoisotopic (exact) mass is 395 g/mol. The summed E-state index contributed by atoms with van der Waals surface area (Å²) in [5.41, 5.74) is -0.245. The second-order valence-corrected chi connectivity index (χ2v) is 5.86. The van der Waals surface area contributed by atoms with Crippen LogP contribution in [0.5, 0.6) is 5.75 Å². The summed E-state index contributed by atoms with van der Waals surface area (Å²) in [6.07, 6.45) is 0. The van der Waals surface area contributed by atoms with Gasteiger partial charge in [-0.25, -0.2) is 18.4 Å². The number of benzene rings is 2. The second-order valence-electron chi connectivity index (χ2n) is 5.50. The molecule has 0 bridgehead atoms. The number of ether oxygens (including phenoxy) is 1. The molecule has 0 radical (unpaired) electrons. The van der Waals surface area contributed by atoms with Crippen LogP contribution in [0.4, 0.5) is 8.78 Å². The Labute approximate surface area is 158 Å². The first-order valence-corrected chi connectivity index (χ1v) is 8.28. The van der Waals surface area contributed by atoms with Gasteiger partial charge in [-0.3, -0.25) is 4.79 Å². The number of carboxylic acids is 1. The van der Waals surface area contributed by atoms with Crippen molar-refractivity contribution < 1.29 is 33.0 Å². The normalized spacial score (nSPS) is 11.6. The van der Waals surface area contributed by atoms with E-state index in [-0.39, 0.29) is 22.6 Å². The highest BCUT2D eigenvalue weighted by molar-refractivity contribution is 7.80. The highest BCUT2D eigenvalue weighted by Crippen LogP contribution is 2.29. The van der Waals surface area contributed by atoms with E-state index in [1.165, 1.54) is 25.1 Å². The largest absolute Gasteiger partial charge is 0.478 e. The fourth-order valence-corrected chi connectivity index (χ4v) is 2.52. The third-order valence-electron chi connectivity index (χ3n) is 3.51. The number of hydrogen-bond acceptors (Lipinski definition) is 5. The first-order chi connectivity index (χ1) is 12.7. The van der Waals surface area contributed by atoms with Crippen molar-refractivity contribution in [3.8, 4) is 16.9 Å². The van der Waals surface area contributed by atoms with Gasteiger partial charge in [-0.05, 0) is 29.8 Å². The lowest BCUT2D eigenvalue weighted by Crippen LogP contribution is -2.43. The Kier molecular flexibility index (Phi) is 6.51. The Bertz CT molecular complexity index is 903. The smallest absolute Gasteiger partial charge is 0.339 e. The molecule has 2 rings (SSSR count). The molecule has 0 fully saturated rings. The Hall–Kier alpha value is -2.94.